The summed E-state index contributed by atoms with van der Waals surface area (Å²) >= 11 is 3.21. The maximum Gasteiger partial charge on any atom is 0.419 e. The Balaban J connectivity index is 2.01. The Hall–Kier alpha value is -2.80. The molecule has 2 heterocycles. The highest BCUT2D eigenvalue weighted by Gasteiger charge is 2.35. The zero-order valence-corrected chi connectivity index (χ0v) is 21.6. The second-order valence-corrected chi connectivity index (χ2v) is 11.3. The van der Waals surface area contributed by atoms with Gasteiger partial charge in [0.25, 0.3) is 5.56 Å². The molecule has 0 radical (unpaired) electrons. The summed E-state index contributed by atoms with van der Waals surface area (Å²) in [5.41, 5.74) is -1.62. The van der Waals surface area contributed by atoms with E-state index in [0.29, 0.717) is 12.1 Å². The summed E-state index contributed by atoms with van der Waals surface area (Å²) in [6.45, 7) is 2.70. The molecule has 194 valence electrons. The summed E-state index contributed by atoms with van der Waals surface area (Å²) in [7, 11) is -3.51. The fourth-order valence-electron chi connectivity index (χ4n) is 3.60. The number of hydrogen-bond acceptors (Lipinski definition) is 5. The summed E-state index contributed by atoms with van der Waals surface area (Å²) in [5.74, 6) is -2.76. The van der Waals surface area contributed by atoms with Gasteiger partial charge in [-0.25, -0.2) is 17.8 Å². The van der Waals surface area contributed by atoms with Crippen molar-refractivity contribution in [1.29, 1.82) is 0 Å². The van der Waals surface area contributed by atoms with Crippen LogP contribution in [0.5, 0.6) is 0 Å². The molecule has 1 amide bonds. The van der Waals surface area contributed by atoms with Crippen LogP contribution in [-0.4, -0.2) is 46.7 Å². The molecule has 0 spiro atoms. The molecule has 0 aliphatic heterocycles. The largest absolute Gasteiger partial charge is 0.419 e. The fourth-order valence-corrected chi connectivity index (χ4v) is 4.98. The lowest BCUT2D eigenvalue weighted by molar-refractivity contribution is -0.140. The standard InChI is InChI=1S/C23H22BrF4N3O4S/c1-3-36(34,35)11-10-30(19(32)13-15-7-8-17(25)16(12-15)23(26,27)28)14(2)21-20(24)22(33)31-9-5-4-6-18(31)29-21/h4-9,12,14H,3,10-11,13H2,1-2H3. The first-order valence-electron chi connectivity index (χ1n) is 10.8. The monoisotopic (exact) mass is 591 g/mol. The quantitative estimate of drug-likeness (QED) is 0.367. The third-order valence-electron chi connectivity index (χ3n) is 5.66. The molecule has 1 aromatic carbocycles. The summed E-state index contributed by atoms with van der Waals surface area (Å²) < 4.78 is 78.7. The number of fused-ring (bicyclic) bond motifs is 1. The van der Waals surface area contributed by atoms with E-state index in [1.165, 1.54) is 24.4 Å². The number of amides is 1. The van der Waals surface area contributed by atoms with E-state index in [1.807, 2.05) is 0 Å². The lowest BCUT2D eigenvalue weighted by Crippen LogP contribution is -2.39. The molecule has 7 nitrogen and oxygen atoms in total. The molecule has 0 fully saturated rings. The maximum absolute atomic E-state index is 13.7. The van der Waals surface area contributed by atoms with E-state index in [-0.39, 0.29) is 33.7 Å². The predicted octanol–water partition coefficient (Wildman–Crippen LogP) is 4.18. The number of alkyl halides is 3. The molecule has 3 rings (SSSR count). The molecule has 36 heavy (non-hydrogen) atoms. The minimum absolute atomic E-state index is 0.0518. The number of benzene rings is 1. The van der Waals surface area contributed by atoms with Crippen LogP contribution in [0.15, 0.2) is 51.9 Å². The van der Waals surface area contributed by atoms with Crippen molar-refractivity contribution >= 4 is 37.3 Å². The number of carbonyl (C=O) groups excluding carboxylic acids is 1. The van der Waals surface area contributed by atoms with Gasteiger partial charge in [0.2, 0.25) is 5.91 Å². The van der Waals surface area contributed by atoms with Crippen LogP contribution >= 0.6 is 15.9 Å². The van der Waals surface area contributed by atoms with Gasteiger partial charge in [-0.3, -0.25) is 14.0 Å². The van der Waals surface area contributed by atoms with Crippen LogP contribution in [0.1, 0.15) is 36.7 Å². The Kier molecular flexibility index (Phi) is 8.23. The third-order valence-corrected chi connectivity index (χ3v) is 8.09. The van der Waals surface area contributed by atoms with E-state index in [9.17, 15) is 35.6 Å². The molecule has 1 atom stereocenters. The van der Waals surface area contributed by atoms with Crippen molar-refractivity contribution in [1.82, 2.24) is 14.3 Å². The van der Waals surface area contributed by atoms with Crippen LogP contribution in [0, 0.1) is 5.82 Å². The SMILES string of the molecule is CCS(=O)(=O)CCN(C(=O)Cc1ccc(F)c(C(F)(F)F)c1)C(C)c1nc2ccccn2c(=O)c1Br. The molecular formula is C23H22BrF4N3O4S. The minimum Gasteiger partial charge on any atom is -0.333 e. The van der Waals surface area contributed by atoms with Crippen LogP contribution < -0.4 is 5.56 Å². The number of sulfone groups is 1. The van der Waals surface area contributed by atoms with Gasteiger partial charge in [0, 0.05) is 18.5 Å². The number of halogens is 5. The highest BCUT2D eigenvalue weighted by atomic mass is 79.9. The van der Waals surface area contributed by atoms with Crippen LogP contribution in [0.3, 0.4) is 0 Å². The zero-order valence-electron chi connectivity index (χ0n) is 19.2. The van der Waals surface area contributed by atoms with Crippen LogP contribution in [0.4, 0.5) is 17.6 Å². The van der Waals surface area contributed by atoms with Crippen molar-refractivity contribution in [3.05, 3.63) is 80.1 Å². The third kappa shape index (κ3) is 6.12. The van der Waals surface area contributed by atoms with Crippen LogP contribution in [0.25, 0.3) is 5.65 Å². The summed E-state index contributed by atoms with van der Waals surface area (Å²) in [5, 5.41) is 0. The van der Waals surface area contributed by atoms with Crippen molar-refractivity contribution in [3.8, 4) is 0 Å². The average Bonchev–Trinajstić information content (AvgIpc) is 2.81. The van der Waals surface area contributed by atoms with Gasteiger partial charge in [-0.1, -0.05) is 19.1 Å². The molecule has 13 heteroatoms. The Morgan fingerprint density at radius 2 is 1.92 bits per heavy atom. The average molecular weight is 592 g/mol. The molecule has 0 aliphatic carbocycles. The number of aromatic nitrogens is 2. The molecule has 0 saturated heterocycles. The van der Waals surface area contributed by atoms with E-state index < -0.39 is 57.1 Å². The number of rotatable bonds is 8. The van der Waals surface area contributed by atoms with Gasteiger partial charge in [0.15, 0.2) is 9.84 Å². The molecule has 1 unspecified atom stereocenters. The van der Waals surface area contributed by atoms with Gasteiger partial charge in [-0.05, 0) is 52.7 Å². The highest BCUT2D eigenvalue weighted by molar-refractivity contribution is 9.10. The molecule has 3 aromatic rings. The molecule has 0 N–H and O–H groups in total. The Bertz CT molecular complexity index is 1460. The van der Waals surface area contributed by atoms with Crippen molar-refractivity contribution in [2.45, 2.75) is 32.5 Å². The van der Waals surface area contributed by atoms with Gasteiger partial charge < -0.3 is 4.90 Å². The van der Waals surface area contributed by atoms with E-state index in [2.05, 4.69) is 20.9 Å². The van der Waals surface area contributed by atoms with Gasteiger partial charge in [0.05, 0.1) is 29.5 Å². The lowest BCUT2D eigenvalue weighted by Gasteiger charge is -2.30. The first-order chi connectivity index (χ1) is 16.7. The van der Waals surface area contributed by atoms with Crippen molar-refractivity contribution < 1.29 is 30.8 Å². The Labute approximate surface area is 212 Å². The lowest BCUT2D eigenvalue weighted by atomic mass is 10.1. The molecule has 0 aliphatic rings. The number of nitrogens with zero attached hydrogens (tertiary/aromatic N) is 3. The summed E-state index contributed by atoms with van der Waals surface area (Å²) in [4.78, 5) is 31.7. The van der Waals surface area contributed by atoms with Crippen LogP contribution in [0.2, 0.25) is 0 Å². The number of hydrogen-bond donors (Lipinski definition) is 0. The first-order valence-corrected chi connectivity index (χ1v) is 13.4. The second-order valence-electron chi connectivity index (χ2n) is 8.03. The number of carbonyl (C=O) groups is 1. The van der Waals surface area contributed by atoms with E-state index in [4.69, 9.17) is 0 Å². The first kappa shape index (κ1) is 27.8. The van der Waals surface area contributed by atoms with Gasteiger partial charge in [-0.2, -0.15) is 13.2 Å². The maximum atomic E-state index is 13.7. The zero-order chi connectivity index (χ0) is 26.8. The van der Waals surface area contributed by atoms with Crippen LogP contribution in [-0.2, 0) is 27.2 Å². The Morgan fingerprint density at radius 3 is 2.56 bits per heavy atom. The van der Waals surface area contributed by atoms with Gasteiger partial charge in [-0.15, -0.1) is 0 Å². The second kappa shape index (κ2) is 10.7. The Morgan fingerprint density at radius 1 is 1.22 bits per heavy atom. The van der Waals surface area contributed by atoms with E-state index in [0.717, 1.165) is 11.0 Å². The molecule has 2 aromatic heterocycles. The molecule has 0 saturated carbocycles. The van der Waals surface area contributed by atoms with Gasteiger partial charge >= 0.3 is 6.18 Å². The fraction of sp³-hybridized carbons (Fsp3) is 0.348. The van der Waals surface area contributed by atoms with E-state index >= 15 is 0 Å². The number of pyridine rings is 1. The van der Waals surface area contributed by atoms with Crippen molar-refractivity contribution in [2.75, 3.05) is 18.1 Å². The summed E-state index contributed by atoms with van der Waals surface area (Å²) in [6, 6.07) is 6.19. The van der Waals surface area contributed by atoms with Gasteiger partial charge in [0.1, 0.15) is 15.9 Å². The summed E-state index contributed by atoms with van der Waals surface area (Å²) in [6.07, 6.45) is -4.00. The van der Waals surface area contributed by atoms with Crippen molar-refractivity contribution in [2.24, 2.45) is 0 Å². The smallest absolute Gasteiger partial charge is 0.333 e. The molecular weight excluding hydrogens is 570 g/mol. The van der Waals surface area contributed by atoms with E-state index in [1.54, 1.807) is 18.2 Å². The molecule has 0 bridgehead atoms. The highest BCUT2D eigenvalue weighted by Crippen LogP contribution is 2.32. The van der Waals surface area contributed by atoms with Crippen molar-refractivity contribution in [3.63, 3.8) is 0 Å². The topological polar surface area (TPSA) is 88.8 Å². The normalized spacial score (nSPS) is 13.1. The minimum atomic E-state index is -4.95. The predicted molar refractivity (Wildman–Crippen MR) is 129 cm³/mol.